The minimum absolute atomic E-state index is 0.152. The number of rotatable bonds is 6. The molecule has 0 bridgehead atoms. The molecule has 0 aliphatic carbocycles. The van der Waals surface area contributed by atoms with Gasteiger partial charge in [0.15, 0.2) is 0 Å². The van der Waals surface area contributed by atoms with Crippen molar-refractivity contribution in [1.29, 1.82) is 0 Å². The van der Waals surface area contributed by atoms with Crippen molar-refractivity contribution >= 4 is 20.0 Å². The average Bonchev–Trinajstić information content (AvgIpc) is 2.58. The number of benzene rings is 1. The summed E-state index contributed by atoms with van der Waals surface area (Å²) >= 11 is 0. The molecule has 0 aliphatic rings. The average molecular weight is 374 g/mol. The van der Waals surface area contributed by atoms with Crippen LogP contribution in [0.15, 0.2) is 30.3 Å². The van der Waals surface area contributed by atoms with Gasteiger partial charge < -0.3 is 10.1 Å². The summed E-state index contributed by atoms with van der Waals surface area (Å²) in [6.07, 6.45) is 1.24. The molecular formula is C21H31NO3Si. The van der Waals surface area contributed by atoms with Gasteiger partial charge in [-0.2, -0.15) is 0 Å². The molecule has 1 aromatic carbocycles. The van der Waals surface area contributed by atoms with Crippen LogP contribution < -0.4 is 5.32 Å². The summed E-state index contributed by atoms with van der Waals surface area (Å²) in [5.41, 5.74) is 4.46. The van der Waals surface area contributed by atoms with Crippen LogP contribution in [0.4, 0.5) is 0 Å². The Morgan fingerprint density at radius 3 is 2.35 bits per heavy atom. The number of hydrogen-bond acceptors (Lipinski definition) is 3. The SMILES string of the molecule is COC(=O)[C@@H](CC#C[Si](C)(C)C(C)(C)C)NC(=O)CCc1ccccc1. The first kappa shape index (κ1) is 22.0. The molecule has 0 spiro atoms. The summed E-state index contributed by atoms with van der Waals surface area (Å²) in [7, 11) is -0.416. The Bertz CT molecular complexity index is 666. The number of ether oxygens (including phenoxy) is 1. The van der Waals surface area contributed by atoms with E-state index < -0.39 is 20.1 Å². The second-order valence-corrected chi connectivity index (χ2v) is 13.0. The number of carbonyl (C=O) groups is 2. The van der Waals surface area contributed by atoms with Gasteiger partial charge in [0.1, 0.15) is 14.1 Å². The quantitative estimate of drug-likeness (QED) is 0.470. The van der Waals surface area contributed by atoms with E-state index in [-0.39, 0.29) is 17.4 Å². The second-order valence-electron chi connectivity index (χ2n) is 8.01. The van der Waals surface area contributed by atoms with E-state index in [1.54, 1.807) is 0 Å². The number of hydrogen-bond donors (Lipinski definition) is 1. The lowest BCUT2D eigenvalue weighted by atomic mass is 10.1. The highest BCUT2D eigenvalue weighted by Gasteiger charge is 2.33. The summed E-state index contributed by atoms with van der Waals surface area (Å²) < 4.78 is 4.82. The molecule has 0 aromatic heterocycles. The van der Waals surface area contributed by atoms with Crippen molar-refractivity contribution in [3.8, 4) is 11.5 Å². The number of aryl methyl sites for hydroxylation is 1. The highest BCUT2D eigenvalue weighted by atomic mass is 28.3. The Balaban J connectivity index is 2.67. The zero-order valence-corrected chi connectivity index (χ0v) is 17.8. The molecule has 1 atom stereocenters. The fourth-order valence-electron chi connectivity index (χ4n) is 2.07. The second kappa shape index (κ2) is 9.58. The largest absolute Gasteiger partial charge is 0.467 e. The van der Waals surface area contributed by atoms with Crippen molar-refractivity contribution in [3.05, 3.63) is 35.9 Å². The molecule has 5 heteroatoms. The van der Waals surface area contributed by atoms with Gasteiger partial charge in [-0.05, 0) is 17.0 Å². The monoisotopic (exact) mass is 373 g/mol. The Labute approximate surface area is 158 Å². The zero-order valence-electron chi connectivity index (χ0n) is 16.8. The van der Waals surface area contributed by atoms with Crippen molar-refractivity contribution in [2.24, 2.45) is 0 Å². The molecule has 0 fully saturated rings. The molecule has 1 aromatic rings. The highest BCUT2D eigenvalue weighted by Crippen LogP contribution is 2.35. The van der Waals surface area contributed by atoms with Gasteiger partial charge in [0, 0.05) is 12.8 Å². The van der Waals surface area contributed by atoms with Gasteiger partial charge in [0.2, 0.25) is 5.91 Å². The van der Waals surface area contributed by atoms with E-state index in [9.17, 15) is 9.59 Å². The van der Waals surface area contributed by atoms with E-state index >= 15 is 0 Å². The molecule has 0 aliphatic heterocycles. The predicted molar refractivity (Wildman–Crippen MR) is 108 cm³/mol. The molecule has 0 saturated heterocycles. The molecule has 1 N–H and O–H groups in total. The maximum absolute atomic E-state index is 12.2. The zero-order chi connectivity index (χ0) is 19.8. The summed E-state index contributed by atoms with van der Waals surface area (Å²) in [4.78, 5) is 24.2. The van der Waals surface area contributed by atoms with Gasteiger partial charge in [0.25, 0.3) is 0 Å². The molecular weight excluding hydrogens is 342 g/mol. The first-order chi connectivity index (χ1) is 12.1. The Morgan fingerprint density at radius 2 is 1.81 bits per heavy atom. The Kier molecular flexibility index (Phi) is 8.10. The minimum Gasteiger partial charge on any atom is -0.467 e. The molecule has 0 heterocycles. The number of nitrogens with one attached hydrogen (secondary N) is 1. The number of esters is 1. The molecule has 4 nitrogen and oxygen atoms in total. The summed E-state index contributed by atoms with van der Waals surface area (Å²) in [5, 5.41) is 2.91. The van der Waals surface area contributed by atoms with Crippen LogP contribution >= 0.6 is 0 Å². The first-order valence-corrected chi connectivity index (χ1v) is 12.0. The Morgan fingerprint density at radius 1 is 1.19 bits per heavy atom. The van der Waals surface area contributed by atoms with Crippen LogP contribution in [-0.2, 0) is 20.7 Å². The highest BCUT2D eigenvalue weighted by molar-refractivity contribution is 6.87. The van der Waals surface area contributed by atoms with Gasteiger partial charge >= 0.3 is 5.97 Å². The first-order valence-electron chi connectivity index (χ1n) is 8.98. The number of carbonyl (C=O) groups excluding carboxylic acids is 2. The van der Waals surface area contributed by atoms with Crippen molar-refractivity contribution < 1.29 is 14.3 Å². The molecule has 0 saturated carbocycles. The summed E-state index contributed by atoms with van der Waals surface area (Å²) in [5.74, 6) is 2.50. The lowest BCUT2D eigenvalue weighted by Crippen LogP contribution is -2.41. The van der Waals surface area contributed by atoms with Crippen molar-refractivity contribution in [1.82, 2.24) is 5.32 Å². The lowest BCUT2D eigenvalue weighted by molar-refractivity contribution is -0.144. The molecule has 0 radical (unpaired) electrons. The van der Waals surface area contributed by atoms with E-state index in [4.69, 9.17) is 4.74 Å². The van der Waals surface area contributed by atoms with Gasteiger partial charge in [-0.3, -0.25) is 4.79 Å². The third-order valence-corrected chi connectivity index (χ3v) is 9.44. The van der Waals surface area contributed by atoms with Gasteiger partial charge in [-0.25, -0.2) is 4.79 Å². The summed E-state index contributed by atoms with van der Waals surface area (Å²) in [6.45, 7) is 11.0. The third-order valence-electron chi connectivity index (χ3n) is 4.89. The number of amides is 1. The van der Waals surface area contributed by atoms with E-state index in [1.807, 2.05) is 30.3 Å². The lowest BCUT2D eigenvalue weighted by Gasteiger charge is -2.31. The topological polar surface area (TPSA) is 55.4 Å². The van der Waals surface area contributed by atoms with Crippen molar-refractivity contribution in [2.45, 2.75) is 64.2 Å². The van der Waals surface area contributed by atoms with E-state index in [0.717, 1.165) is 5.56 Å². The maximum Gasteiger partial charge on any atom is 0.329 e. The fourth-order valence-corrected chi connectivity index (χ4v) is 2.99. The molecule has 26 heavy (non-hydrogen) atoms. The fraction of sp³-hybridized carbons (Fsp3) is 0.524. The molecule has 1 rings (SSSR count). The van der Waals surface area contributed by atoms with Crippen LogP contribution in [0, 0.1) is 11.5 Å². The predicted octanol–water partition coefficient (Wildman–Crippen LogP) is 3.72. The van der Waals surface area contributed by atoms with Crippen LogP contribution in [0.3, 0.4) is 0 Å². The number of methoxy groups -OCH3 is 1. The molecule has 0 unspecified atom stereocenters. The van der Waals surface area contributed by atoms with E-state index in [2.05, 4.69) is 50.6 Å². The molecule has 142 valence electrons. The maximum atomic E-state index is 12.2. The van der Waals surface area contributed by atoms with Crippen LogP contribution in [0.1, 0.15) is 39.2 Å². The van der Waals surface area contributed by atoms with Crippen LogP contribution in [-0.4, -0.2) is 33.1 Å². The minimum atomic E-state index is -1.74. The Hall–Kier alpha value is -2.06. The van der Waals surface area contributed by atoms with Crippen LogP contribution in [0.2, 0.25) is 18.1 Å². The summed E-state index contributed by atoms with van der Waals surface area (Å²) in [6, 6.07) is 9.08. The van der Waals surface area contributed by atoms with E-state index in [1.165, 1.54) is 7.11 Å². The molecule has 1 amide bonds. The normalized spacial score (nSPS) is 12.5. The van der Waals surface area contributed by atoms with Crippen molar-refractivity contribution in [2.75, 3.05) is 7.11 Å². The smallest absolute Gasteiger partial charge is 0.329 e. The van der Waals surface area contributed by atoms with Gasteiger partial charge in [-0.15, -0.1) is 11.5 Å². The van der Waals surface area contributed by atoms with E-state index in [0.29, 0.717) is 12.8 Å². The standard InChI is InChI=1S/C21H31NO3Si/c1-21(2,3)26(5,6)16-10-13-18(20(24)25-4)22-19(23)15-14-17-11-8-7-9-12-17/h7-9,11-12,18H,13-15H2,1-6H3,(H,22,23)/t18-/m1/s1. The van der Waals surface area contributed by atoms with Crippen molar-refractivity contribution in [3.63, 3.8) is 0 Å². The third kappa shape index (κ3) is 7.05. The van der Waals surface area contributed by atoms with Gasteiger partial charge in [-0.1, -0.05) is 64.2 Å². The van der Waals surface area contributed by atoms with Gasteiger partial charge in [0.05, 0.1) is 7.11 Å². The van der Waals surface area contributed by atoms with Crippen LogP contribution in [0.25, 0.3) is 0 Å². The van der Waals surface area contributed by atoms with Crippen LogP contribution in [0.5, 0.6) is 0 Å².